The van der Waals surface area contributed by atoms with Crippen molar-refractivity contribution < 1.29 is 36.2 Å². The van der Waals surface area contributed by atoms with Crippen molar-refractivity contribution in [3.63, 3.8) is 0 Å². The lowest BCUT2D eigenvalue weighted by atomic mass is 10.2. The number of ether oxygens (including phenoxy) is 2. The van der Waals surface area contributed by atoms with Crippen molar-refractivity contribution in [1.82, 2.24) is 5.43 Å². The molecule has 1 heterocycles. The molecule has 0 aliphatic heterocycles. The van der Waals surface area contributed by atoms with Crippen molar-refractivity contribution in [2.75, 3.05) is 0 Å². The van der Waals surface area contributed by atoms with E-state index in [1.54, 1.807) is 0 Å². The lowest BCUT2D eigenvalue weighted by Gasteiger charge is -2.10. The monoisotopic (exact) mass is 346 g/mol. The summed E-state index contributed by atoms with van der Waals surface area (Å²) in [6, 6.07) is 6.02. The third-order valence-corrected chi connectivity index (χ3v) is 2.54. The van der Waals surface area contributed by atoms with E-state index in [2.05, 4.69) is 20.0 Å². The number of furan rings is 1. The van der Waals surface area contributed by atoms with Gasteiger partial charge in [-0.05, 0) is 24.3 Å². The van der Waals surface area contributed by atoms with Crippen LogP contribution < -0.4 is 14.9 Å². The van der Waals surface area contributed by atoms with Crippen molar-refractivity contribution in [2.24, 2.45) is 5.10 Å². The summed E-state index contributed by atoms with van der Waals surface area (Å²) in [6.07, 6.45) is 2.29. The first-order chi connectivity index (χ1) is 11.5. The zero-order valence-corrected chi connectivity index (χ0v) is 11.8. The Morgan fingerprint density at radius 1 is 1.17 bits per heavy atom. The maximum Gasteiger partial charge on any atom is 0.387 e. The van der Waals surface area contributed by atoms with E-state index in [1.165, 1.54) is 18.4 Å². The van der Waals surface area contributed by atoms with Crippen molar-refractivity contribution in [2.45, 2.75) is 13.2 Å². The highest BCUT2D eigenvalue weighted by Gasteiger charge is 2.13. The van der Waals surface area contributed by atoms with Crippen molar-refractivity contribution in [1.29, 1.82) is 0 Å². The summed E-state index contributed by atoms with van der Waals surface area (Å²) in [5.41, 5.74) is 2.11. The van der Waals surface area contributed by atoms with Crippen LogP contribution in [0, 0.1) is 0 Å². The number of nitrogens with one attached hydrogen (secondary N) is 1. The number of hydrogen-bond donors (Lipinski definition) is 1. The number of halogens is 4. The van der Waals surface area contributed by atoms with Gasteiger partial charge in [-0.2, -0.15) is 22.7 Å². The number of alkyl halides is 4. The van der Waals surface area contributed by atoms with Gasteiger partial charge >= 0.3 is 19.1 Å². The van der Waals surface area contributed by atoms with Gasteiger partial charge in [0.15, 0.2) is 5.76 Å². The normalized spacial score (nSPS) is 11.2. The average molecular weight is 346 g/mol. The van der Waals surface area contributed by atoms with E-state index in [-0.39, 0.29) is 17.1 Å². The van der Waals surface area contributed by atoms with Crippen LogP contribution in [0.3, 0.4) is 0 Å². The van der Waals surface area contributed by atoms with Crippen LogP contribution in [0.5, 0.6) is 11.5 Å². The van der Waals surface area contributed by atoms with Crippen LogP contribution in [0.15, 0.2) is 46.1 Å². The largest absolute Gasteiger partial charge is 0.459 e. The standard InChI is InChI=1S/C14H10F4N2O4/c15-13(16)23-9-4-3-8(11(6-9)24-14(17)18)7-19-20-12(21)10-2-1-5-22-10/h1-7,13-14H,(H,20,21)/b19-7-. The van der Waals surface area contributed by atoms with Crippen LogP contribution in [0.1, 0.15) is 16.1 Å². The van der Waals surface area contributed by atoms with Gasteiger partial charge in [-0.25, -0.2) is 5.43 Å². The van der Waals surface area contributed by atoms with E-state index in [0.717, 1.165) is 24.4 Å². The maximum absolute atomic E-state index is 12.4. The van der Waals surface area contributed by atoms with E-state index in [4.69, 9.17) is 4.42 Å². The van der Waals surface area contributed by atoms with E-state index in [1.807, 2.05) is 0 Å². The molecule has 0 atom stereocenters. The Hall–Kier alpha value is -3.04. The highest BCUT2D eigenvalue weighted by Crippen LogP contribution is 2.26. The van der Waals surface area contributed by atoms with Gasteiger partial charge in [0.25, 0.3) is 0 Å². The third kappa shape index (κ3) is 5.00. The minimum Gasteiger partial charge on any atom is -0.459 e. The minimum atomic E-state index is -3.18. The Balaban J connectivity index is 2.12. The number of carbonyl (C=O) groups is 1. The molecule has 0 aliphatic carbocycles. The molecule has 1 amide bonds. The van der Waals surface area contributed by atoms with Crippen LogP contribution in [0.25, 0.3) is 0 Å². The summed E-state index contributed by atoms with van der Waals surface area (Å²) in [6.45, 7) is -6.30. The number of hydrogen-bond acceptors (Lipinski definition) is 5. The van der Waals surface area contributed by atoms with Gasteiger partial charge in [0, 0.05) is 11.6 Å². The molecule has 1 aromatic heterocycles. The molecule has 0 unspecified atom stereocenters. The number of amides is 1. The molecule has 0 fully saturated rings. The molecular formula is C14H10F4N2O4. The first-order valence-electron chi connectivity index (χ1n) is 6.36. The number of benzene rings is 1. The zero-order valence-electron chi connectivity index (χ0n) is 11.8. The van der Waals surface area contributed by atoms with Gasteiger partial charge < -0.3 is 13.9 Å². The Labute approximate surface area is 132 Å². The minimum absolute atomic E-state index is 0.00288. The van der Waals surface area contributed by atoms with E-state index in [0.29, 0.717) is 0 Å². The molecule has 24 heavy (non-hydrogen) atoms. The summed E-state index contributed by atoms with van der Waals surface area (Å²) in [5.74, 6) is -1.47. The molecule has 0 saturated carbocycles. The van der Waals surface area contributed by atoms with Crippen molar-refractivity contribution in [3.8, 4) is 11.5 Å². The predicted octanol–water partition coefficient (Wildman–Crippen LogP) is 3.25. The second-order valence-corrected chi connectivity index (χ2v) is 4.13. The lowest BCUT2D eigenvalue weighted by molar-refractivity contribution is -0.0543. The SMILES string of the molecule is O=C(N/N=C\c1ccc(OC(F)F)cc1OC(F)F)c1ccco1. The molecule has 128 valence electrons. The van der Waals surface area contributed by atoms with Crippen LogP contribution in [0.4, 0.5) is 17.6 Å². The molecular weight excluding hydrogens is 336 g/mol. The van der Waals surface area contributed by atoms with Crippen LogP contribution in [0.2, 0.25) is 0 Å². The van der Waals surface area contributed by atoms with Crippen molar-refractivity contribution >= 4 is 12.1 Å². The average Bonchev–Trinajstić information content (AvgIpc) is 3.02. The first kappa shape index (κ1) is 17.3. The van der Waals surface area contributed by atoms with Gasteiger partial charge in [-0.15, -0.1) is 0 Å². The molecule has 10 heteroatoms. The summed E-state index contributed by atoms with van der Waals surface area (Å²) < 4.78 is 62.2. The summed E-state index contributed by atoms with van der Waals surface area (Å²) >= 11 is 0. The number of rotatable bonds is 7. The van der Waals surface area contributed by atoms with Crippen LogP contribution in [-0.4, -0.2) is 25.3 Å². The molecule has 0 aliphatic rings. The van der Waals surface area contributed by atoms with E-state index >= 15 is 0 Å². The van der Waals surface area contributed by atoms with E-state index < -0.39 is 24.9 Å². The first-order valence-corrected chi connectivity index (χ1v) is 6.36. The fourth-order valence-electron chi connectivity index (χ4n) is 1.62. The summed E-state index contributed by atoms with van der Waals surface area (Å²) in [7, 11) is 0. The highest BCUT2D eigenvalue weighted by molar-refractivity contribution is 5.92. The molecule has 1 N–H and O–H groups in total. The van der Waals surface area contributed by atoms with Gasteiger partial charge in [0.2, 0.25) is 0 Å². The number of nitrogens with zero attached hydrogens (tertiary/aromatic N) is 1. The zero-order chi connectivity index (χ0) is 17.5. The molecule has 2 rings (SSSR count). The maximum atomic E-state index is 12.4. The predicted molar refractivity (Wildman–Crippen MR) is 73.5 cm³/mol. The van der Waals surface area contributed by atoms with Gasteiger partial charge in [-0.1, -0.05) is 0 Å². The Morgan fingerprint density at radius 2 is 1.92 bits per heavy atom. The fourth-order valence-corrected chi connectivity index (χ4v) is 1.62. The molecule has 6 nitrogen and oxygen atoms in total. The third-order valence-electron chi connectivity index (χ3n) is 2.54. The van der Waals surface area contributed by atoms with Crippen LogP contribution >= 0.6 is 0 Å². The fraction of sp³-hybridized carbons (Fsp3) is 0.143. The van der Waals surface area contributed by atoms with Crippen LogP contribution in [-0.2, 0) is 0 Å². The Kier molecular flexibility index (Phi) is 5.77. The molecule has 1 aromatic carbocycles. The van der Waals surface area contributed by atoms with Gasteiger partial charge in [-0.3, -0.25) is 4.79 Å². The summed E-state index contributed by atoms with van der Waals surface area (Å²) in [4.78, 5) is 11.6. The molecule has 2 aromatic rings. The highest BCUT2D eigenvalue weighted by atomic mass is 19.3. The topological polar surface area (TPSA) is 73.1 Å². The molecule has 0 radical (unpaired) electrons. The Bertz CT molecular complexity index is 705. The molecule has 0 saturated heterocycles. The van der Waals surface area contributed by atoms with Gasteiger partial charge in [0.05, 0.1) is 12.5 Å². The molecule has 0 spiro atoms. The smallest absolute Gasteiger partial charge is 0.387 e. The lowest BCUT2D eigenvalue weighted by Crippen LogP contribution is -2.16. The summed E-state index contributed by atoms with van der Waals surface area (Å²) in [5, 5.41) is 3.56. The second-order valence-electron chi connectivity index (χ2n) is 4.13. The number of carbonyl (C=O) groups excluding carboxylic acids is 1. The molecule has 0 bridgehead atoms. The van der Waals surface area contributed by atoms with Gasteiger partial charge in [0.1, 0.15) is 11.5 Å². The van der Waals surface area contributed by atoms with E-state index in [9.17, 15) is 22.4 Å². The second kappa shape index (κ2) is 7.99. The van der Waals surface area contributed by atoms with Crippen molar-refractivity contribution in [3.05, 3.63) is 47.9 Å². The number of hydrazone groups is 1. The quantitative estimate of drug-likeness (QED) is 0.475. The Morgan fingerprint density at radius 3 is 2.54 bits per heavy atom.